The molecule has 0 aromatic heterocycles. The molecule has 18 heavy (non-hydrogen) atoms. The van der Waals surface area contributed by atoms with Gasteiger partial charge in [-0.15, -0.1) is 0 Å². The molecule has 1 aromatic rings. The van der Waals surface area contributed by atoms with Gasteiger partial charge in [-0.2, -0.15) is 0 Å². The Morgan fingerprint density at radius 3 is 2.06 bits per heavy atom. The molecule has 0 saturated heterocycles. The molecule has 1 amide bonds. The quantitative estimate of drug-likeness (QED) is 0.848. The average molecular weight is 254 g/mol. The van der Waals surface area contributed by atoms with Gasteiger partial charge in [0.2, 0.25) is 5.91 Å². The van der Waals surface area contributed by atoms with Gasteiger partial charge in [-0.1, -0.05) is 46.5 Å². The summed E-state index contributed by atoms with van der Waals surface area (Å²) in [7, 11) is 1.67. The van der Waals surface area contributed by atoms with E-state index in [4.69, 9.17) is 5.73 Å². The van der Waals surface area contributed by atoms with Gasteiger partial charge >= 0.3 is 0 Å². The molecule has 0 heterocycles. The Labute approximate surface area is 113 Å². The van der Waals surface area contributed by atoms with Crippen molar-refractivity contribution in [2.45, 2.75) is 48.1 Å². The second-order valence-electron chi connectivity index (χ2n) is 3.55. The Balaban J connectivity index is -0.000000750. The monoisotopic (exact) mass is 254 g/mol. The highest BCUT2D eigenvalue weighted by Gasteiger charge is 1.98. The van der Waals surface area contributed by atoms with Crippen molar-refractivity contribution in [2.24, 2.45) is 5.73 Å². The molecule has 0 radical (unpaired) electrons. The molecule has 3 heteroatoms. The van der Waals surface area contributed by atoms with Crippen LogP contribution in [0.3, 0.4) is 0 Å². The summed E-state index contributed by atoms with van der Waals surface area (Å²) in [6.45, 7) is 0.582. The van der Waals surface area contributed by atoms with E-state index >= 15 is 0 Å². The number of carbonyl (C=O) groups is 1. The van der Waals surface area contributed by atoms with Crippen LogP contribution in [0.5, 0.6) is 0 Å². The Kier molecular flexibility index (Phi) is 14.7. The van der Waals surface area contributed by atoms with Crippen LogP contribution in [0.4, 0.5) is 0 Å². The van der Waals surface area contributed by atoms with E-state index in [1.54, 1.807) is 7.05 Å². The largest absolute Gasteiger partial charge is 0.359 e. The maximum atomic E-state index is 11.0. The minimum Gasteiger partial charge on any atom is -0.359 e. The van der Waals surface area contributed by atoms with Crippen LogP contribution >= 0.6 is 0 Å². The van der Waals surface area contributed by atoms with E-state index in [-0.39, 0.29) is 28.2 Å². The summed E-state index contributed by atoms with van der Waals surface area (Å²) in [6, 6.07) is 8.22. The summed E-state index contributed by atoms with van der Waals surface area (Å²) in [4.78, 5) is 11.0. The molecular formula is C15H30N2O. The van der Waals surface area contributed by atoms with E-state index in [9.17, 15) is 4.79 Å². The van der Waals surface area contributed by atoms with Crippen molar-refractivity contribution in [2.75, 3.05) is 7.05 Å². The summed E-state index contributed by atoms with van der Waals surface area (Å²) in [5.74, 6) is 0.105. The molecule has 0 spiro atoms. The molecule has 1 aromatic carbocycles. The van der Waals surface area contributed by atoms with Gasteiger partial charge in [0.05, 0.1) is 0 Å². The van der Waals surface area contributed by atoms with Gasteiger partial charge in [0.15, 0.2) is 0 Å². The Hall–Kier alpha value is -1.35. The second-order valence-corrected chi connectivity index (χ2v) is 3.55. The number of hydrogen-bond donors (Lipinski definition) is 2. The number of rotatable bonds is 5. The van der Waals surface area contributed by atoms with Crippen LogP contribution in [0.2, 0.25) is 0 Å². The lowest BCUT2D eigenvalue weighted by molar-refractivity contribution is -0.120. The number of aryl methyl sites for hydroxylation is 1. The Morgan fingerprint density at radius 2 is 1.61 bits per heavy atom. The molecule has 0 saturated carbocycles. The van der Waals surface area contributed by atoms with E-state index < -0.39 is 0 Å². The van der Waals surface area contributed by atoms with Crippen LogP contribution in [0.25, 0.3) is 0 Å². The van der Waals surface area contributed by atoms with Crippen molar-refractivity contribution in [3.8, 4) is 0 Å². The number of nitrogens with one attached hydrogen (secondary N) is 1. The number of amides is 1. The van der Waals surface area contributed by atoms with Gasteiger partial charge < -0.3 is 11.1 Å². The highest BCUT2D eigenvalue weighted by molar-refractivity contribution is 5.75. The minimum atomic E-state index is 0. The molecule has 0 bridgehead atoms. The standard InChI is InChI=1S/C12H18N2O.3CH4/c1-14-12(15)4-2-3-10-5-7-11(9-13)8-6-10;;;/h5-8H,2-4,9,13H2,1H3,(H,14,15);3*1H4. The van der Waals surface area contributed by atoms with Crippen molar-refractivity contribution in [3.05, 3.63) is 35.4 Å². The van der Waals surface area contributed by atoms with E-state index in [2.05, 4.69) is 17.4 Å². The Bertz CT molecular complexity index is 307. The number of nitrogens with two attached hydrogens (primary N) is 1. The number of hydrogen-bond acceptors (Lipinski definition) is 2. The van der Waals surface area contributed by atoms with Gasteiger partial charge in [-0.25, -0.2) is 0 Å². The predicted octanol–water partition coefficient (Wildman–Crippen LogP) is 3.12. The van der Waals surface area contributed by atoms with Gasteiger partial charge in [-0.3, -0.25) is 4.79 Å². The fourth-order valence-electron chi connectivity index (χ4n) is 1.42. The lowest BCUT2D eigenvalue weighted by Crippen LogP contribution is -2.17. The first-order valence-corrected chi connectivity index (χ1v) is 5.24. The summed E-state index contributed by atoms with van der Waals surface area (Å²) in [6.07, 6.45) is 2.43. The van der Waals surface area contributed by atoms with Crippen molar-refractivity contribution >= 4 is 5.91 Å². The van der Waals surface area contributed by atoms with Crippen molar-refractivity contribution in [1.82, 2.24) is 5.32 Å². The third-order valence-electron chi connectivity index (χ3n) is 2.41. The smallest absolute Gasteiger partial charge is 0.219 e. The summed E-state index contributed by atoms with van der Waals surface area (Å²) in [5, 5.41) is 2.61. The lowest BCUT2D eigenvalue weighted by atomic mass is 10.1. The predicted molar refractivity (Wildman–Crippen MR) is 81.5 cm³/mol. The molecule has 0 aliphatic heterocycles. The van der Waals surface area contributed by atoms with Gasteiger partial charge in [0.25, 0.3) is 0 Å². The summed E-state index contributed by atoms with van der Waals surface area (Å²) < 4.78 is 0. The van der Waals surface area contributed by atoms with Crippen LogP contribution in [-0.2, 0) is 17.8 Å². The normalized spacial score (nSPS) is 8.33. The average Bonchev–Trinajstić information content (AvgIpc) is 2.29. The van der Waals surface area contributed by atoms with Crippen LogP contribution in [0, 0.1) is 0 Å². The van der Waals surface area contributed by atoms with Crippen LogP contribution in [0.15, 0.2) is 24.3 Å². The third kappa shape index (κ3) is 7.85. The lowest BCUT2D eigenvalue weighted by Gasteiger charge is -2.02. The summed E-state index contributed by atoms with van der Waals surface area (Å²) in [5.41, 5.74) is 7.91. The zero-order valence-corrected chi connectivity index (χ0v) is 9.12. The highest BCUT2D eigenvalue weighted by atomic mass is 16.1. The SMILES string of the molecule is C.C.C.CNC(=O)CCCc1ccc(CN)cc1. The maximum Gasteiger partial charge on any atom is 0.219 e. The van der Waals surface area contributed by atoms with Crippen molar-refractivity contribution in [3.63, 3.8) is 0 Å². The molecule has 0 aliphatic rings. The summed E-state index contributed by atoms with van der Waals surface area (Å²) >= 11 is 0. The van der Waals surface area contributed by atoms with Crippen LogP contribution in [-0.4, -0.2) is 13.0 Å². The number of carbonyl (C=O) groups excluding carboxylic acids is 1. The third-order valence-corrected chi connectivity index (χ3v) is 2.41. The van der Waals surface area contributed by atoms with Crippen molar-refractivity contribution < 1.29 is 4.79 Å². The van der Waals surface area contributed by atoms with E-state index in [0.29, 0.717) is 13.0 Å². The molecule has 0 unspecified atom stereocenters. The topological polar surface area (TPSA) is 55.1 Å². The van der Waals surface area contributed by atoms with Gasteiger partial charge in [-0.05, 0) is 24.0 Å². The van der Waals surface area contributed by atoms with Gasteiger partial charge in [0.1, 0.15) is 0 Å². The molecule has 0 aliphatic carbocycles. The maximum absolute atomic E-state index is 11.0. The van der Waals surface area contributed by atoms with E-state index in [1.165, 1.54) is 5.56 Å². The molecule has 3 N–H and O–H groups in total. The molecule has 0 fully saturated rings. The molecular weight excluding hydrogens is 224 g/mol. The van der Waals surface area contributed by atoms with Crippen LogP contribution < -0.4 is 11.1 Å². The van der Waals surface area contributed by atoms with Crippen LogP contribution in [0.1, 0.15) is 46.2 Å². The minimum absolute atomic E-state index is 0. The first-order chi connectivity index (χ1) is 7.26. The first-order valence-electron chi connectivity index (χ1n) is 5.24. The van der Waals surface area contributed by atoms with E-state index in [0.717, 1.165) is 18.4 Å². The number of benzene rings is 1. The van der Waals surface area contributed by atoms with Gasteiger partial charge in [0, 0.05) is 20.0 Å². The zero-order chi connectivity index (χ0) is 11.1. The zero-order valence-electron chi connectivity index (χ0n) is 9.12. The fraction of sp³-hybridized carbons (Fsp3) is 0.533. The molecule has 0 atom stereocenters. The van der Waals surface area contributed by atoms with Crippen molar-refractivity contribution in [1.29, 1.82) is 0 Å². The molecule has 3 nitrogen and oxygen atoms in total. The van der Waals surface area contributed by atoms with E-state index in [1.807, 2.05) is 12.1 Å². The fourth-order valence-corrected chi connectivity index (χ4v) is 1.42. The first kappa shape index (κ1) is 21.9. The molecule has 1 rings (SSSR count). The molecule has 106 valence electrons. The highest BCUT2D eigenvalue weighted by Crippen LogP contribution is 2.07. The second kappa shape index (κ2) is 12.1. The Morgan fingerprint density at radius 1 is 1.11 bits per heavy atom.